The summed E-state index contributed by atoms with van der Waals surface area (Å²) in [6, 6.07) is 14.8. The van der Waals surface area contributed by atoms with Gasteiger partial charge in [0.05, 0.1) is 18.1 Å². The van der Waals surface area contributed by atoms with E-state index in [2.05, 4.69) is 0 Å². The molecule has 0 atom stereocenters. The molecule has 4 heteroatoms. The van der Waals surface area contributed by atoms with Gasteiger partial charge in [-0.3, -0.25) is 4.79 Å². The van der Waals surface area contributed by atoms with Crippen LogP contribution in [0.5, 0.6) is 5.75 Å². The minimum absolute atomic E-state index is 0.0341. The lowest BCUT2D eigenvalue weighted by atomic mass is 9.92. The van der Waals surface area contributed by atoms with Crippen molar-refractivity contribution in [2.45, 2.75) is 25.2 Å². The van der Waals surface area contributed by atoms with Gasteiger partial charge in [0, 0.05) is 0 Å². The first kappa shape index (κ1) is 16.2. The summed E-state index contributed by atoms with van der Waals surface area (Å²) in [6.07, 6.45) is 1.63. The molecule has 3 rings (SSSR count). The van der Waals surface area contributed by atoms with Crippen LogP contribution in [0, 0.1) is 6.92 Å². The van der Waals surface area contributed by atoms with Gasteiger partial charge in [-0.1, -0.05) is 30.3 Å². The summed E-state index contributed by atoms with van der Waals surface area (Å²) in [7, 11) is 1.57. The van der Waals surface area contributed by atoms with Crippen LogP contribution in [-0.2, 0) is 14.9 Å². The summed E-state index contributed by atoms with van der Waals surface area (Å²) in [6.45, 7) is 1.62. The maximum absolute atomic E-state index is 12.6. The highest BCUT2D eigenvalue weighted by atomic mass is 16.5. The van der Waals surface area contributed by atoms with Crippen molar-refractivity contribution < 1.29 is 19.1 Å². The number of ketones is 1. The number of esters is 1. The van der Waals surface area contributed by atoms with Crippen molar-refractivity contribution >= 4 is 11.8 Å². The van der Waals surface area contributed by atoms with Crippen molar-refractivity contribution in [3.63, 3.8) is 0 Å². The number of rotatable bonds is 6. The van der Waals surface area contributed by atoms with E-state index in [1.807, 2.05) is 37.3 Å². The van der Waals surface area contributed by atoms with Gasteiger partial charge in [0.2, 0.25) is 0 Å². The van der Waals surface area contributed by atoms with Crippen LogP contribution in [0.4, 0.5) is 0 Å². The Morgan fingerprint density at radius 3 is 2.38 bits per heavy atom. The minimum Gasteiger partial charge on any atom is -0.497 e. The van der Waals surface area contributed by atoms with Crippen molar-refractivity contribution in [2.24, 2.45) is 0 Å². The number of carbonyl (C=O) groups is 2. The molecule has 1 aliphatic carbocycles. The summed E-state index contributed by atoms with van der Waals surface area (Å²) in [4.78, 5) is 24.8. The van der Waals surface area contributed by atoms with Gasteiger partial charge in [0.25, 0.3) is 0 Å². The van der Waals surface area contributed by atoms with Gasteiger partial charge in [-0.15, -0.1) is 0 Å². The predicted octanol–water partition coefficient (Wildman–Crippen LogP) is 3.46. The third kappa shape index (κ3) is 3.04. The van der Waals surface area contributed by atoms with Crippen LogP contribution in [0.3, 0.4) is 0 Å². The molecule has 2 aromatic carbocycles. The van der Waals surface area contributed by atoms with Crippen molar-refractivity contribution in [3.05, 3.63) is 65.2 Å². The highest BCUT2D eigenvalue weighted by molar-refractivity contribution is 5.97. The second kappa shape index (κ2) is 6.48. The smallest absolute Gasteiger partial charge is 0.338 e. The van der Waals surface area contributed by atoms with Crippen LogP contribution in [0.15, 0.2) is 48.5 Å². The van der Waals surface area contributed by atoms with Crippen molar-refractivity contribution in [2.75, 3.05) is 13.7 Å². The molecule has 1 aliphatic rings. The summed E-state index contributed by atoms with van der Waals surface area (Å²) in [5.41, 5.74) is 1.76. The van der Waals surface area contributed by atoms with Crippen LogP contribution < -0.4 is 4.74 Å². The van der Waals surface area contributed by atoms with Crippen LogP contribution >= 0.6 is 0 Å². The van der Waals surface area contributed by atoms with E-state index in [0.717, 1.165) is 24.0 Å². The van der Waals surface area contributed by atoms with E-state index in [9.17, 15) is 9.59 Å². The van der Waals surface area contributed by atoms with Crippen molar-refractivity contribution in [1.82, 2.24) is 0 Å². The van der Waals surface area contributed by atoms with Crippen LogP contribution in [0.2, 0.25) is 0 Å². The van der Waals surface area contributed by atoms with Crippen molar-refractivity contribution in [3.8, 4) is 5.75 Å². The molecule has 0 spiro atoms. The number of hydrogen-bond acceptors (Lipinski definition) is 4. The third-order valence-corrected chi connectivity index (χ3v) is 4.60. The van der Waals surface area contributed by atoms with Gasteiger partial charge < -0.3 is 9.47 Å². The lowest BCUT2D eigenvalue weighted by molar-refractivity contribution is -0.124. The molecular formula is C20H20O4. The number of Topliss-reactive ketones (excluding diaryl/α,β-unsaturated/α-hetero) is 1. The molecule has 1 fully saturated rings. The van der Waals surface area contributed by atoms with Crippen molar-refractivity contribution in [1.29, 1.82) is 0 Å². The summed E-state index contributed by atoms with van der Waals surface area (Å²) in [5, 5.41) is 0. The highest BCUT2D eigenvalue weighted by Crippen LogP contribution is 2.48. The largest absolute Gasteiger partial charge is 0.497 e. The molecule has 124 valence electrons. The molecule has 4 nitrogen and oxygen atoms in total. The lowest BCUT2D eigenvalue weighted by Gasteiger charge is -2.15. The molecule has 0 N–H and O–H groups in total. The van der Waals surface area contributed by atoms with Gasteiger partial charge in [0.1, 0.15) is 5.75 Å². The Morgan fingerprint density at radius 1 is 1.08 bits per heavy atom. The SMILES string of the molecule is COc1ccc(C(=O)OCC(=O)C2(c3ccccc3)CC2)c(C)c1. The summed E-state index contributed by atoms with van der Waals surface area (Å²) < 4.78 is 10.4. The molecular weight excluding hydrogens is 304 g/mol. The zero-order chi connectivity index (χ0) is 17.2. The first-order valence-corrected chi connectivity index (χ1v) is 7.97. The minimum atomic E-state index is -0.479. The number of aryl methyl sites for hydroxylation is 1. The molecule has 0 unspecified atom stereocenters. The topological polar surface area (TPSA) is 52.6 Å². The summed E-state index contributed by atoms with van der Waals surface area (Å²) >= 11 is 0. The Balaban J connectivity index is 1.66. The first-order chi connectivity index (χ1) is 11.6. The Labute approximate surface area is 141 Å². The number of ether oxygens (including phenoxy) is 2. The lowest BCUT2D eigenvalue weighted by Crippen LogP contribution is -2.26. The normalized spacial score (nSPS) is 14.8. The molecule has 0 aliphatic heterocycles. The number of methoxy groups -OCH3 is 1. The molecule has 0 bridgehead atoms. The maximum atomic E-state index is 12.6. The molecule has 0 saturated heterocycles. The van der Waals surface area contributed by atoms with E-state index in [1.165, 1.54) is 0 Å². The zero-order valence-corrected chi connectivity index (χ0v) is 13.9. The molecule has 0 heterocycles. The van der Waals surface area contributed by atoms with Gasteiger partial charge >= 0.3 is 5.97 Å². The molecule has 0 aromatic heterocycles. The van der Waals surface area contributed by atoms with Crippen LogP contribution in [-0.4, -0.2) is 25.5 Å². The predicted molar refractivity (Wildman–Crippen MR) is 90.4 cm³/mol. The van der Waals surface area contributed by atoms with Crippen LogP contribution in [0.25, 0.3) is 0 Å². The fraction of sp³-hybridized carbons (Fsp3) is 0.300. The van der Waals surface area contributed by atoms with Gasteiger partial charge in [-0.2, -0.15) is 0 Å². The molecule has 0 amide bonds. The van der Waals surface area contributed by atoms with Gasteiger partial charge in [-0.05, 0) is 49.1 Å². The zero-order valence-electron chi connectivity index (χ0n) is 13.9. The fourth-order valence-electron chi connectivity index (χ4n) is 2.95. The fourth-order valence-corrected chi connectivity index (χ4v) is 2.95. The number of benzene rings is 2. The number of hydrogen-bond donors (Lipinski definition) is 0. The average molecular weight is 324 g/mol. The number of carbonyl (C=O) groups excluding carboxylic acids is 2. The monoisotopic (exact) mass is 324 g/mol. The molecule has 24 heavy (non-hydrogen) atoms. The Bertz CT molecular complexity index is 760. The first-order valence-electron chi connectivity index (χ1n) is 7.97. The second-order valence-electron chi connectivity index (χ2n) is 6.13. The van der Waals surface area contributed by atoms with Crippen LogP contribution in [0.1, 0.15) is 34.3 Å². The van der Waals surface area contributed by atoms with E-state index < -0.39 is 11.4 Å². The Kier molecular flexibility index (Phi) is 4.38. The maximum Gasteiger partial charge on any atom is 0.338 e. The molecule has 0 radical (unpaired) electrons. The molecule has 1 saturated carbocycles. The van der Waals surface area contributed by atoms with E-state index in [0.29, 0.717) is 11.3 Å². The Hall–Kier alpha value is -2.62. The average Bonchev–Trinajstić information content (AvgIpc) is 3.42. The Morgan fingerprint density at radius 2 is 1.79 bits per heavy atom. The highest BCUT2D eigenvalue weighted by Gasteiger charge is 2.50. The van der Waals surface area contributed by atoms with E-state index in [4.69, 9.17) is 9.47 Å². The third-order valence-electron chi connectivity index (χ3n) is 4.60. The van der Waals surface area contributed by atoms with E-state index in [1.54, 1.807) is 25.3 Å². The van der Waals surface area contributed by atoms with Gasteiger partial charge in [-0.25, -0.2) is 4.79 Å². The second-order valence-corrected chi connectivity index (χ2v) is 6.13. The summed E-state index contributed by atoms with van der Waals surface area (Å²) in [5.74, 6) is 0.168. The van der Waals surface area contributed by atoms with E-state index >= 15 is 0 Å². The van der Waals surface area contributed by atoms with Gasteiger partial charge in [0.15, 0.2) is 12.4 Å². The standard InChI is InChI=1S/C20H20O4/c1-14-12-16(23-2)8-9-17(14)19(22)24-13-18(21)20(10-11-20)15-6-4-3-5-7-15/h3-9,12H,10-11,13H2,1-2H3. The molecule has 2 aromatic rings. The quantitative estimate of drug-likeness (QED) is 0.764. The van der Waals surface area contributed by atoms with E-state index in [-0.39, 0.29) is 12.4 Å².